The first-order valence-electron chi connectivity index (χ1n) is 13.3. The Morgan fingerprint density at radius 1 is 1.00 bits per heavy atom. The fraction of sp³-hybridized carbons (Fsp3) is 0.613. The number of hydrogen-bond acceptors (Lipinski definition) is 3. The molecule has 0 radical (unpaired) electrons. The lowest BCUT2D eigenvalue weighted by atomic mass is 9.59. The van der Waals surface area contributed by atoms with E-state index in [4.69, 9.17) is 10.7 Å². The minimum absolute atomic E-state index is 0.0214. The van der Waals surface area contributed by atoms with Crippen LogP contribution in [0.1, 0.15) is 104 Å². The number of alkyl halides is 3. The van der Waals surface area contributed by atoms with E-state index in [1.165, 1.54) is 17.2 Å². The maximum absolute atomic E-state index is 14.7. The van der Waals surface area contributed by atoms with Crippen molar-refractivity contribution in [3.8, 4) is 6.07 Å². The number of fused-ring (bicyclic) bond motifs is 5. The summed E-state index contributed by atoms with van der Waals surface area (Å²) in [5.41, 5.74) is 7.71. The van der Waals surface area contributed by atoms with Crippen LogP contribution in [0.5, 0.6) is 0 Å². The Bertz CT molecular complexity index is 1310. The first kappa shape index (κ1) is 27.5. The molecule has 37 heavy (non-hydrogen) atoms. The van der Waals surface area contributed by atoms with Crippen LogP contribution in [-0.2, 0) is 16.4 Å². The van der Waals surface area contributed by atoms with Gasteiger partial charge in [0.1, 0.15) is 0 Å². The molecule has 200 valence electrons. The maximum atomic E-state index is 14.7. The van der Waals surface area contributed by atoms with Gasteiger partial charge in [-0.2, -0.15) is 18.4 Å². The Morgan fingerprint density at radius 3 is 2.00 bits per heavy atom. The molecule has 2 N–H and O–H groups in total. The minimum atomic E-state index is -4.64. The van der Waals surface area contributed by atoms with E-state index in [1.54, 1.807) is 13.8 Å². The highest BCUT2D eigenvalue weighted by molar-refractivity contribution is 6.13. The molecular formula is C31H40F3N3. The van der Waals surface area contributed by atoms with Crippen LogP contribution < -0.4 is 5.73 Å². The van der Waals surface area contributed by atoms with Gasteiger partial charge in [0, 0.05) is 17.2 Å². The van der Waals surface area contributed by atoms with Gasteiger partial charge in [0.05, 0.1) is 28.3 Å². The van der Waals surface area contributed by atoms with Gasteiger partial charge >= 0.3 is 6.18 Å². The number of nitrogens with two attached hydrogens (primary N) is 1. The lowest BCUT2D eigenvalue weighted by molar-refractivity contribution is -0.0905. The van der Waals surface area contributed by atoms with Crippen LogP contribution in [-0.4, -0.2) is 11.9 Å². The lowest BCUT2D eigenvalue weighted by Gasteiger charge is -2.44. The standard InChI is InChI=1S/C31H40F3N3/c1-11-18-24(25(36)26(3,4)16-35)22(31(32,33)34)15-23-17-13-20-21(14-19(17)30(18,12-2)37-23)28(7,8)29(9,10)27(20,5)6/h13-15,18H,11-12,36H2,1-10H3. The number of hydrogen-bond donors (Lipinski definition) is 1. The van der Waals surface area contributed by atoms with E-state index in [0.29, 0.717) is 18.6 Å². The van der Waals surface area contributed by atoms with Crippen molar-refractivity contribution in [3.63, 3.8) is 0 Å². The molecule has 1 aromatic carbocycles. The summed E-state index contributed by atoms with van der Waals surface area (Å²) in [6, 6.07) is 6.47. The van der Waals surface area contributed by atoms with Gasteiger partial charge in [-0.05, 0) is 77.3 Å². The molecule has 0 saturated carbocycles. The molecule has 2 unspecified atom stereocenters. The second kappa shape index (κ2) is 7.74. The van der Waals surface area contributed by atoms with Crippen LogP contribution in [0, 0.1) is 28.1 Å². The SMILES string of the molecule is CCC1C(=C(N)C(C)(C)C#N)C(C(F)(F)F)=CC2=NC1(CC)c1cc3c(cc12)C(C)(C)C(C)(C)C3(C)C. The third kappa shape index (κ3) is 3.28. The Balaban J connectivity index is 2.15. The fourth-order valence-electron chi connectivity index (χ4n) is 7.03. The zero-order valence-corrected chi connectivity index (χ0v) is 23.8. The Labute approximate surface area is 219 Å². The van der Waals surface area contributed by atoms with Crippen molar-refractivity contribution in [2.45, 2.75) is 105 Å². The average molecular weight is 512 g/mol. The van der Waals surface area contributed by atoms with E-state index in [-0.39, 0.29) is 27.5 Å². The van der Waals surface area contributed by atoms with E-state index in [9.17, 15) is 18.4 Å². The second-order valence-electron chi connectivity index (χ2n) is 13.2. The molecule has 0 fully saturated rings. The molecule has 0 aromatic heterocycles. The summed E-state index contributed by atoms with van der Waals surface area (Å²) in [4.78, 5) is 5.10. The monoisotopic (exact) mass is 511 g/mol. The van der Waals surface area contributed by atoms with Gasteiger partial charge in [0.2, 0.25) is 0 Å². The molecule has 1 aromatic rings. The van der Waals surface area contributed by atoms with Crippen molar-refractivity contribution in [1.82, 2.24) is 0 Å². The first-order chi connectivity index (χ1) is 16.8. The van der Waals surface area contributed by atoms with Crippen molar-refractivity contribution in [1.29, 1.82) is 5.26 Å². The summed E-state index contributed by atoms with van der Waals surface area (Å²) in [5.74, 6) is -0.625. The lowest BCUT2D eigenvalue weighted by Crippen LogP contribution is -2.42. The highest BCUT2D eigenvalue weighted by atomic mass is 19.4. The summed E-state index contributed by atoms with van der Waals surface area (Å²) < 4.78 is 44.1. The number of allylic oxidation sites excluding steroid dienone is 3. The molecule has 2 aliphatic heterocycles. The van der Waals surface area contributed by atoms with E-state index < -0.39 is 28.6 Å². The van der Waals surface area contributed by atoms with Crippen LogP contribution >= 0.6 is 0 Å². The van der Waals surface area contributed by atoms with Crippen LogP contribution in [0.3, 0.4) is 0 Å². The number of halogens is 3. The molecular weight excluding hydrogens is 471 g/mol. The van der Waals surface area contributed by atoms with Gasteiger partial charge in [0.25, 0.3) is 0 Å². The highest BCUT2D eigenvalue weighted by Gasteiger charge is 2.59. The summed E-state index contributed by atoms with van der Waals surface area (Å²) in [6.45, 7) is 20.6. The molecule has 6 heteroatoms. The minimum Gasteiger partial charge on any atom is -0.401 e. The van der Waals surface area contributed by atoms with Crippen LogP contribution in [0.25, 0.3) is 0 Å². The normalized spacial score (nSPS) is 28.5. The van der Waals surface area contributed by atoms with E-state index in [0.717, 1.165) is 11.1 Å². The van der Waals surface area contributed by atoms with Crippen molar-refractivity contribution in [2.24, 2.45) is 27.5 Å². The Morgan fingerprint density at radius 2 is 1.54 bits per heavy atom. The summed E-state index contributed by atoms with van der Waals surface area (Å²) in [5, 5.41) is 9.79. The number of nitrogens with zero attached hydrogens (tertiary/aromatic N) is 2. The topological polar surface area (TPSA) is 62.2 Å². The average Bonchev–Trinajstić information content (AvgIpc) is 3.07. The molecule has 4 rings (SSSR count). The van der Waals surface area contributed by atoms with Gasteiger partial charge in [-0.25, -0.2) is 0 Å². The van der Waals surface area contributed by atoms with Gasteiger partial charge in [-0.1, -0.05) is 61.5 Å². The predicted octanol–water partition coefficient (Wildman–Crippen LogP) is 7.98. The molecule has 2 bridgehead atoms. The molecule has 0 saturated heterocycles. The van der Waals surface area contributed by atoms with Gasteiger partial charge in [-0.15, -0.1) is 0 Å². The van der Waals surface area contributed by atoms with Crippen LogP contribution in [0.15, 0.2) is 40.0 Å². The largest absolute Gasteiger partial charge is 0.416 e. The van der Waals surface area contributed by atoms with Crippen LogP contribution in [0.4, 0.5) is 13.2 Å². The number of rotatable bonds is 3. The third-order valence-corrected chi connectivity index (χ3v) is 10.7. The maximum Gasteiger partial charge on any atom is 0.416 e. The molecule has 3 nitrogen and oxygen atoms in total. The number of nitriles is 1. The Hall–Kier alpha value is -2.55. The number of aliphatic imine (C=N–C) groups is 1. The molecule has 3 aliphatic rings. The first-order valence-corrected chi connectivity index (χ1v) is 13.3. The molecule has 2 heterocycles. The van der Waals surface area contributed by atoms with Gasteiger partial charge < -0.3 is 5.73 Å². The van der Waals surface area contributed by atoms with Crippen molar-refractivity contribution in [3.05, 3.63) is 57.3 Å². The second-order valence-corrected chi connectivity index (χ2v) is 13.2. The van der Waals surface area contributed by atoms with Crippen LogP contribution in [0.2, 0.25) is 0 Å². The number of benzene rings is 1. The van der Waals surface area contributed by atoms with Crippen molar-refractivity contribution in [2.75, 3.05) is 0 Å². The zero-order chi connectivity index (χ0) is 28.1. The van der Waals surface area contributed by atoms with E-state index in [2.05, 4.69) is 59.7 Å². The molecule has 1 aliphatic carbocycles. The highest BCUT2D eigenvalue weighted by Crippen LogP contribution is 2.64. The summed E-state index contributed by atoms with van der Waals surface area (Å²) in [7, 11) is 0. The molecule has 2 atom stereocenters. The summed E-state index contributed by atoms with van der Waals surface area (Å²) in [6.07, 6.45) is -2.52. The van der Waals surface area contributed by atoms with Crippen molar-refractivity contribution >= 4 is 5.71 Å². The van der Waals surface area contributed by atoms with Crippen molar-refractivity contribution < 1.29 is 13.2 Å². The fourth-order valence-corrected chi connectivity index (χ4v) is 7.03. The van der Waals surface area contributed by atoms with E-state index >= 15 is 0 Å². The van der Waals surface area contributed by atoms with Gasteiger partial charge in [0.15, 0.2) is 0 Å². The quantitative estimate of drug-likeness (QED) is 0.447. The predicted molar refractivity (Wildman–Crippen MR) is 143 cm³/mol. The molecule has 0 spiro atoms. The molecule has 0 amide bonds. The smallest absolute Gasteiger partial charge is 0.401 e. The Kier molecular flexibility index (Phi) is 5.75. The third-order valence-electron chi connectivity index (χ3n) is 10.7. The van der Waals surface area contributed by atoms with Gasteiger partial charge in [-0.3, -0.25) is 4.99 Å². The zero-order valence-electron chi connectivity index (χ0n) is 23.8. The summed E-state index contributed by atoms with van der Waals surface area (Å²) >= 11 is 0. The van der Waals surface area contributed by atoms with E-state index in [1.807, 2.05) is 13.8 Å².